The molecule has 0 aliphatic carbocycles. The van der Waals surface area contributed by atoms with E-state index in [9.17, 15) is 0 Å². The van der Waals surface area contributed by atoms with Gasteiger partial charge in [0.05, 0.1) is 6.67 Å². The quantitative estimate of drug-likeness (QED) is 0.668. The molecule has 1 saturated heterocycles. The maximum atomic E-state index is 5.63. The highest BCUT2D eigenvalue weighted by Gasteiger charge is 2.26. The molecule has 2 heterocycles. The van der Waals surface area contributed by atoms with Crippen LogP contribution in [0.4, 0.5) is 0 Å². The molecular formula is C19H20N4S. The molecule has 1 atom stereocenters. The Kier molecular flexibility index (Phi) is 4.28. The predicted octanol–water partition coefficient (Wildman–Crippen LogP) is 4.20. The molecule has 3 aromatic rings. The summed E-state index contributed by atoms with van der Waals surface area (Å²) < 4.78 is 4.62. The van der Waals surface area contributed by atoms with Gasteiger partial charge in [0.15, 0.2) is 0 Å². The van der Waals surface area contributed by atoms with Crippen molar-refractivity contribution in [2.45, 2.75) is 25.6 Å². The molecule has 2 aromatic carbocycles. The predicted molar refractivity (Wildman–Crippen MR) is 97.5 cm³/mol. The summed E-state index contributed by atoms with van der Waals surface area (Å²) in [6, 6.07) is 21.3. The van der Waals surface area contributed by atoms with Crippen molar-refractivity contribution in [1.29, 1.82) is 0 Å². The van der Waals surface area contributed by atoms with E-state index in [0.29, 0.717) is 6.04 Å². The molecule has 4 nitrogen and oxygen atoms in total. The molecule has 24 heavy (non-hydrogen) atoms. The monoisotopic (exact) mass is 336 g/mol. The average Bonchev–Trinajstić information content (AvgIpc) is 3.24. The van der Waals surface area contributed by atoms with Crippen LogP contribution in [0.15, 0.2) is 67.0 Å². The van der Waals surface area contributed by atoms with Gasteiger partial charge in [-0.05, 0) is 42.8 Å². The highest BCUT2D eigenvalue weighted by Crippen LogP contribution is 2.32. The molecule has 0 saturated carbocycles. The lowest BCUT2D eigenvalue weighted by molar-refractivity contribution is 0.190. The minimum Gasteiger partial charge on any atom is -0.277 e. The molecule has 1 aliphatic heterocycles. The highest BCUT2D eigenvalue weighted by molar-refractivity contribution is 7.71. The fraction of sp³-hybridized carbons (Fsp3) is 0.263. The van der Waals surface area contributed by atoms with Gasteiger partial charge in [-0.2, -0.15) is 5.10 Å². The van der Waals surface area contributed by atoms with Crippen LogP contribution in [0.3, 0.4) is 0 Å². The maximum absolute atomic E-state index is 5.63. The Labute approximate surface area is 147 Å². The minimum absolute atomic E-state index is 0.454. The largest absolute Gasteiger partial charge is 0.277 e. The SMILES string of the molecule is S=c1n(-c2ccccc2)cnn1CN1CCCC1c1ccccc1. The Hall–Kier alpha value is -2.24. The van der Waals surface area contributed by atoms with Crippen LogP contribution in [0.5, 0.6) is 0 Å². The lowest BCUT2D eigenvalue weighted by Crippen LogP contribution is -2.27. The third-order valence-corrected chi connectivity index (χ3v) is 5.04. The summed E-state index contributed by atoms with van der Waals surface area (Å²) in [6.07, 6.45) is 4.22. The van der Waals surface area contributed by atoms with Gasteiger partial charge in [0, 0.05) is 18.3 Å². The van der Waals surface area contributed by atoms with Crippen molar-refractivity contribution in [1.82, 2.24) is 19.2 Å². The molecule has 1 aliphatic rings. The molecule has 0 bridgehead atoms. The second-order valence-electron chi connectivity index (χ2n) is 6.14. The van der Waals surface area contributed by atoms with Crippen LogP contribution >= 0.6 is 12.2 Å². The van der Waals surface area contributed by atoms with E-state index < -0.39 is 0 Å². The zero-order chi connectivity index (χ0) is 16.4. The topological polar surface area (TPSA) is 26.0 Å². The molecular weight excluding hydrogens is 316 g/mol. The summed E-state index contributed by atoms with van der Waals surface area (Å²) in [5.41, 5.74) is 2.43. The third kappa shape index (κ3) is 2.92. The van der Waals surface area contributed by atoms with Crippen molar-refractivity contribution in [2.24, 2.45) is 0 Å². The number of hydrogen-bond acceptors (Lipinski definition) is 3. The van der Waals surface area contributed by atoms with E-state index in [1.807, 2.05) is 45.9 Å². The Morgan fingerprint density at radius 3 is 2.46 bits per heavy atom. The number of nitrogens with zero attached hydrogens (tertiary/aromatic N) is 4. The number of para-hydroxylation sites is 1. The van der Waals surface area contributed by atoms with Gasteiger partial charge in [0.1, 0.15) is 6.33 Å². The standard InChI is InChI=1S/C19H20N4S/c24-19-22(17-10-5-2-6-11-17)14-20-23(19)15-21-13-7-12-18(21)16-8-3-1-4-9-16/h1-6,8-11,14,18H,7,12-13,15H2. The molecule has 4 rings (SSSR count). The van der Waals surface area contributed by atoms with Gasteiger partial charge in [0.2, 0.25) is 4.77 Å². The lowest BCUT2D eigenvalue weighted by atomic mass is 10.1. The van der Waals surface area contributed by atoms with Crippen molar-refractivity contribution < 1.29 is 0 Å². The van der Waals surface area contributed by atoms with Crippen LogP contribution in [0.25, 0.3) is 5.69 Å². The van der Waals surface area contributed by atoms with Gasteiger partial charge < -0.3 is 0 Å². The molecule has 0 radical (unpaired) electrons. The Morgan fingerprint density at radius 1 is 1.00 bits per heavy atom. The molecule has 5 heteroatoms. The second kappa shape index (κ2) is 6.71. The maximum Gasteiger partial charge on any atom is 0.203 e. The smallest absolute Gasteiger partial charge is 0.203 e. The van der Waals surface area contributed by atoms with E-state index in [4.69, 9.17) is 12.2 Å². The van der Waals surface area contributed by atoms with Crippen molar-refractivity contribution in [2.75, 3.05) is 6.54 Å². The van der Waals surface area contributed by atoms with Crippen LogP contribution < -0.4 is 0 Å². The first kappa shape index (κ1) is 15.3. The van der Waals surface area contributed by atoms with Crippen molar-refractivity contribution in [3.63, 3.8) is 0 Å². The molecule has 0 spiro atoms. The number of hydrogen-bond donors (Lipinski definition) is 0. The van der Waals surface area contributed by atoms with Gasteiger partial charge in [0.25, 0.3) is 0 Å². The van der Waals surface area contributed by atoms with E-state index in [-0.39, 0.29) is 0 Å². The zero-order valence-corrected chi connectivity index (χ0v) is 14.3. The van der Waals surface area contributed by atoms with Gasteiger partial charge in [-0.25, -0.2) is 4.68 Å². The second-order valence-corrected chi connectivity index (χ2v) is 6.51. The summed E-state index contributed by atoms with van der Waals surface area (Å²) in [5.74, 6) is 0. The number of benzene rings is 2. The molecule has 122 valence electrons. The lowest BCUT2D eigenvalue weighted by Gasteiger charge is -2.24. The van der Waals surface area contributed by atoms with E-state index in [1.165, 1.54) is 18.4 Å². The first-order valence-corrected chi connectivity index (χ1v) is 8.72. The van der Waals surface area contributed by atoms with Gasteiger partial charge >= 0.3 is 0 Å². The van der Waals surface area contributed by atoms with Crippen LogP contribution in [0.2, 0.25) is 0 Å². The molecule has 1 fully saturated rings. The Morgan fingerprint density at radius 2 is 1.71 bits per heavy atom. The molecule has 0 N–H and O–H groups in total. The highest BCUT2D eigenvalue weighted by atomic mass is 32.1. The summed E-state index contributed by atoms with van der Waals surface area (Å²) >= 11 is 5.63. The normalized spacial score (nSPS) is 18.1. The van der Waals surface area contributed by atoms with Crippen LogP contribution in [0.1, 0.15) is 24.4 Å². The summed E-state index contributed by atoms with van der Waals surface area (Å²) in [6.45, 7) is 1.82. The number of rotatable bonds is 4. The molecule has 1 unspecified atom stereocenters. The number of aromatic nitrogens is 3. The fourth-order valence-electron chi connectivity index (χ4n) is 3.42. The summed E-state index contributed by atoms with van der Waals surface area (Å²) in [7, 11) is 0. The summed E-state index contributed by atoms with van der Waals surface area (Å²) in [4.78, 5) is 2.47. The molecule has 0 amide bonds. The zero-order valence-electron chi connectivity index (χ0n) is 13.5. The van der Waals surface area contributed by atoms with Gasteiger partial charge in [-0.15, -0.1) is 0 Å². The first-order valence-electron chi connectivity index (χ1n) is 8.32. The van der Waals surface area contributed by atoms with Gasteiger partial charge in [-0.3, -0.25) is 9.47 Å². The minimum atomic E-state index is 0.454. The van der Waals surface area contributed by atoms with E-state index in [2.05, 4.69) is 40.3 Å². The van der Waals surface area contributed by atoms with E-state index >= 15 is 0 Å². The fourth-order valence-corrected chi connectivity index (χ4v) is 3.68. The van der Waals surface area contributed by atoms with Crippen molar-refractivity contribution in [3.8, 4) is 5.69 Å². The Bertz CT molecular complexity index is 854. The number of likely N-dealkylation sites (tertiary alicyclic amines) is 1. The van der Waals surface area contributed by atoms with Crippen LogP contribution in [-0.2, 0) is 6.67 Å². The third-order valence-electron chi connectivity index (χ3n) is 4.63. The first-order chi connectivity index (χ1) is 11.8. The van der Waals surface area contributed by atoms with Crippen molar-refractivity contribution >= 4 is 12.2 Å². The molecule has 1 aromatic heterocycles. The van der Waals surface area contributed by atoms with Crippen LogP contribution in [-0.4, -0.2) is 25.8 Å². The Balaban J connectivity index is 1.58. The van der Waals surface area contributed by atoms with Crippen molar-refractivity contribution in [3.05, 3.63) is 77.3 Å². The summed E-state index contributed by atoms with van der Waals surface area (Å²) in [5, 5.41) is 4.52. The van der Waals surface area contributed by atoms with E-state index in [1.54, 1.807) is 0 Å². The van der Waals surface area contributed by atoms with Crippen LogP contribution in [0, 0.1) is 4.77 Å². The van der Waals surface area contributed by atoms with E-state index in [0.717, 1.165) is 23.7 Å². The van der Waals surface area contributed by atoms with Gasteiger partial charge in [-0.1, -0.05) is 48.5 Å². The average molecular weight is 336 g/mol.